The molecule has 1 atom stereocenters. The Morgan fingerprint density at radius 1 is 1.00 bits per heavy atom. The maximum absolute atomic E-state index is 13.0. The highest BCUT2D eigenvalue weighted by atomic mass is 32.2. The van der Waals surface area contributed by atoms with E-state index >= 15 is 0 Å². The molecule has 4 rings (SSSR count). The van der Waals surface area contributed by atoms with Crippen LogP contribution < -0.4 is 5.32 Å². The largest absolute Gasteiger partial charge is 0.343 e. The van der Waals surface area contributed by atoms with E-state index in [9.17, 15) is 18.5 Å². The second-order valence-corrected chi connectivity index (χ2v) is 10.6. The Morgan fingerprint density at radius 2 is 1.70 bits per heavy atom. The van der Waals surface area contributed by atoms with Gasteiger partial charge in [-0.15, -0.1) is 11.3 Å². The summed E-state index contributed by atoms with van der Waals surface area (Å²) in [4.78, 5) is 15.9. The van der Waals surface area contributed by atoms with Gasteiger partial charge in [0.15, 0.2) is 0 Å². The Bertz CT molecular complexity index is 1230. The molecule has 9 heteroatoms. The van der Waals surface area contributed by atoms with Crippen LogP contribution >= 0.6 is 11.3 Å². The summed E-state index contributed by atoms with van der Waals surface area (Å²) in [5.74, 6) is -0.108. The lowest BCUT2D eigenvalue weighted by molar-refractivity contribution is -0.123. The molecule has 2 aromatic carbocycles. The lowest BCUT2D eigenvalue weighted by Gasteiger charge is -2.34. The SMILES string of the molecule is N#Cc1ccccc1S(=O)(=O)N1CCN(CC(=O)N[C@@H](c2ccccc2)c2cccs2)CC1. The predicted molar refractivity (Wildman–Crippen MR) is 127 cm³/mol. The third kappa shape index (κ3) is 5.31. The molecule has 0 aliphatic carbocycles. The molecule has 1 N–H and O–H groups in total. The van der Waals surface area contributed by atoms with E-state index in [2.05, 4.69) is 5.32 Å². The van der Waals surface area contributed by atoms with Crippen molar-refractivity contribution in [2.24, 2.45) is 0 Å². The van der Waals surface area contributed by atoms with E-state index in [4.69, 9.17) is 0 Å². The van der Waals surface area contributed by atoms with Crippen molar-refractivity contribution in [3.8, 4) is 6.07 Å². The van der Waals surface area contributed by atoms with Crippen molar-refractivity contribution in [1.29, 1.82) is 5.26 Å². The van der Waals surface area contributed by atoms with Gasteiger partial charge < -0.3 is 5.32 Å². The van der Waals surface area contributed by atoms with Crippen molar-refractivity contribution in [2.45, 2.75) is 10.9 Å². The van der Waals surface area contributed by atoms with Crippen molar-refractivity contribution >= 4 is 27.3 Å². The molecule has 1 aliphatic rings. The number of nitrogens with one attached hydrogen (secondary N) is 1. The molecule has 170 valence electrons. The summed E-state index contributed by atoms with van der Waals surface area (Å²) in [7, 11) is -3.76. The first kappa shape index (κ1) is 23.1. The van der Waals surface area contributed by atoms with Crippen molar-refractivity contribution in [3.63, 3.8) is 0 Å². The molecule has 1 saturated heterocycles. The van der Waals surface area contributed by atoms with Crippen LogP contribution in [0.3, 0.4) is 0 Å². The van der Waals surface area contributed by atoms with Crippen LogP contribution in [-0.4, -0.2) is 56.3 Å². The van der Waals surface area contributed by atoms with Gasteiger partial charge in [0, 0.05) is 31.1 Å². The van der Waals surface area contributed by atoms with Crippen LogP contribution in [0, 0.1) is 11.3 Å². The Kier molecular flexibility index (Phi) is 7.20. The molecule has 0 saturated carbocycles. The topological polar surface area (TPSA) is 93.5 Å². The molecular formula is C24H24N4O3S2. The Balaban J connectivity index is 1.38. The molecule has 1 amide bonds. The van der Waals surface area contributed by atoms with Gasteiger partial charge in [0.1, 0.15) is 6.07 Å². The fraction of sp³-hybridized carbons (Fsp3) is 0.250. The van der Waals surface area contributed by atoms with Gasteiger partial charge in [-0.05, 0) is 29.1 Å². The van der Waals surface area contributed by atoms with Crippen LogP contribution in [0.25, 0.3) is 0 Å². The number of nitrogens with zero attached hydrogens (tertiary/aromatic N) is 3. The number of thiophene rings is 1. The highest BCUT2D eigenvalue weighted by Crippen LogP contribution is 2.26. The minimum atomic E-state index is -3.76. The molecule has 0 unspecified atom stereocenters. The van der Waals surface area contributed by atoms with Crippen LogP contribution in [0.5, 0.6) is 0 Å². The first-order valence-corrected chi connectivity index (χ1v) is 12.9. The zero-order valence-corrected chi connectivity index (χ0v) is 19.6. The molecule has 2 heterocycles. The maximum Gasteiger partial charge on any atom is 0.244 e. The average molecular weight is 481 g/mol. The van der Waals surface area contributed by atoms with E-state index in [1.54, 1.807) is 23.5 Å². The Labute approximate surface area is 197 Å². The Hall–Kier alpha value is -3.03. The van der Waals surface area contributed by atoms with Gasteiger partial charge in [-0.25, -0.2) is 8.42 Å². The fourth-order valence-corrected chi connectivity index (χ4v) is 6.25. The normalized spacial score (nSPS) is 16.1. The van der Waals surface area contributed by atoms with Crippen molar-refractivity contribution in [2.75, 3.05) is 32.7 Å². The molecule has 0 bridgehead atoms. The Morgan fingerprint density at radius 3 is 2.36 bits per heavy atom. The summed E-state index contributed by atoms with van der Waals surface area (Å²) in [6, 6.07) is 21.8. The molecule has 33 heavy (non-hydrogen) atoms. The van der Waals surface area contributed by atoms with Gasteiger partial charge in [0.05, 0.1) is 23.0 Å². The fourth-order valence-electron chi connectivity index (χ4n) is 3.88. The average Bonchev–Trinajstić information content (AvgIpc) is 3.38. The summed E-state index contributed by atoms with van der Waals surface area (Å²) in [5.41, 5.74) is 1.15. The van der Waals surface area contributed by atoms with Gasteiger partial charge in [0.2, 0.25) is 15.9 Å². The summed E-state index contributed by atoms with van der Waals surface area (Å²) < 4.78 is 27.4. The highest BCUT2D eigenvalue weighted by Gasteiger charge is 2.31. The van der Waals surface area contributed by atoms with Crippen LogP contribution in [-0.2, 0) is 14.8 Å². The van der Waals surface area contributed by atoms with Gasteiger partial charge in [0.25, 0.3) is 0 Å². The number of benzene rings is 2. The smallest absolute Gasteiger partial charge is 0.244 e. The number of hydrogen-bond acceptors (Lipinski definition) is 6. The van der Waals surface area contributed by atoms with E-state index in [0.717, 1.165) is 10.4 Å². The van der Waals surface area contributed by atoms with Gasteiger partial charge in [-0.2, -0.15) is 9.57 Å². The van der Waals surface area contributed by atoms with Gasteiger partial charge in [-0.3, -0.25) is 9.69 Å². The standard InChI is InChI=1S/C24H24N4O3S2/c25-17-20-9-4-5-11-22(20)33(30,31)28-14-12-27(13-15-28)18-23(29)26-24(21-10-6-16-32-21)19-7-2-1-3-8-19/h1-11,16,24H,12-15,18H2,(H,26,29)/t24-/m0/s1. The van der Waals surface area contributed by atoms with Crippen LogP contribution in [0.1, 0.15) is 22.0 Å². The van der Waals surface area contributed by atoms with Gasteiger partial charge in [-0.1, -0.05) is 48.5 Å². The number of nitriles is 1. The van der Waals surface area contributed by atoms with E-state index in [1.807, 2.05) is 58.8 Å². The third-order valence-electron chi connectivity index (χ3n) is 5.59. The number of carbonyl (C=O) groups is 1. The second kappa shape index (κ2) is 10.3. The summed E-state index contributed by atoms with van der Waals surface area (Å²) in [5, 5.41) is 14.4. The molecule has 1 fully saturated rings. The number of rotatable bonds is 7. The van der Waals surface area contributed by atoms with Crippen molar-refractivity contribution < 1.29 is 13.2 Å². The highest BCUT2D eigenvalue weighted by molar-refractivity contribution is 7.89. The van der Waals surface area contributed by atoms with E-state index < -0.39 is 10.0 Å². The minimum Gasteiger partial charge on any atom is -0.343 e. The molecule has 1 aromatic heterocycles. The monoisotopic (exact) mass is 480 g/mol. The summed E-state index contributed by atoms with van der Waals surface area (Å²) in [6.45, 7) is 1.61. The zero-order chi connectivity index (χ0) is 23.3. The van der Waals surface area contributed by atoms with Crippen LogP contribution in [0.15, 0.2) is 77.0 Å². The van der Waals surface area contributed by atoms with E-state index in [-0.39, 0.29) is 42.0 Å². The zero-order valence-electron chi connectivity index (χ0n) is 17.9. The predicted octanol–water partition coefficient (Wildman–Crippen LogP) is 2.83. The molecule has 0 radical (unpaired) electrons. The van der Waals surface area contributed by atoms with Crippen molar-refractivity contribution in [1.82, 2.24) is 14.5 Å². The summed E-state index contributed by atoms with van der Waals surface area (Å²) in [6.07, 6.45) is 0. The van der Waals surface area contributed by atoms with Crippen LogP contribution in [0.4, 0.5) is 0 Å². The van der Waals surface area contributed by atoms with Crippen LogP contribution in [0.2, 0.25) is 0 Å². The lowest BCUT2D eigenvalue weighted by atomic mass is 10.1. The minimum absolute atomic E-state index is 0.0281. The third-order valence-corrected chi connectivity index (χ3v) is 8.48. The summed E-state index contributed by atoms with van der Waals surface area (Å²) >= 11 is 1.59. The molecule has 1 aliphatic heterocycles. The number of hydrogen-bond donors (Lipinski definition) is 1. The number of amides is 1. The number of piperazine rings is 1. The van der Waals surface area contributed by atoms with E-state index in [0.29, 0.717) is 13.1 Å². The van der Waals surface area contributed by atoms with Crippen molar-refractivity contribution in [3.05, 3.63) is 88.1 Å². The van der Waals surface area contributed by atoms with Gasteiger partial charge >= 0.3 is 0 Å². The second-order valence-electron chi connectivity index (χ2n) is 7.71. The first-order valence-electron chi connectivity index (χ1n) is 10.6. The molecular weight excluding hydrogens is 456 g/mol. The number of sulfonamides is 1. The quantitative estimate of drug-likeness (QED) is 0.561. The maximum atomic E-state index is 13.0. The first-order chi connectivity index (χ1) is 16.0. The molecule has 0 spiro atoms. The molecule has 3 aromatic rings. The lowest BCUT2D eigenvalue weighted by Crippen LogP contribution is -2.51. The molecule has 7 nitrogen and oxygen atoms in total. The number of carbonyl (C=O) groups excluding carboxylic acids is 1. The van der Waals surface area contributed by atoms with E-state index in [1.165, 1.54) is 16.4 Å².